The normalized spacial score (nSPS) is 30.5. The summed E-state index contributed by atoms with van der Waals surface area (Å²) in [5, 5.41) is 64.2. The fraction of sp³-hybridized carbons (Fsp3) is 0.480. The van der Waals surface area contributed by atoms with E-state index in [1.165, 1.54) is 0 Å². The lowest BCUT2D eigenvalue weighted by atomic mass is 9.61. The molecule has 0 amide bonds. The first-order chi connectivity index (χ1) is 30.8. The highest BCUT2D eigenvalue weighted by atomic mass is 16.6. The van der Waals surface area contributed by atoms with Crippen molar-refractivity contribution in [3.05, 3.63) is 121 Å². The van der Waals surface area contributed by atoms with Gasteiger partial charge in [0.05, 0.1) is 23.9 Å². The summed E-state index contributed by atoms with van der Waals surface area (Å²) in [6, 6.07) is 6.39. The molecule has 1 unspecified atom stereocenters. The first-order valence-corrected chi connectivity index (χ1v) is 22.8. The van der Waals surface area contributed by atoms with Crippen molar-refractivity contribution in [1.82, 2.24) is 10.6 Å². The van der Waals surface area contributed by atoms with Gasteiger partial charge < -0.3 is 61.5 Å². The molecule has 7 aliphatic rings. The molecule has 0 spiro atoms. The summed E-state index contributed by atoms with van der Waals surface area (Å²) in [7, 11) is 0. The van der Waals surface area contributed by atoms with Crippen molar-refractivity contribution in [2.45, 2.75) is 120 Å². The number of nitrogens with one attached hydrogen (secondary N) is 2. The number of aliphatic hydroxyl groups excluding tert-OH is 2. The number of dihydropyridines is 2. The standard InChI is InChI=1S/C50H58N4O10/c1-3-35(50(61)13-4-5-14-50)48(60)63-38-20-33-44(59)42-37(58)19-28(22-55)62-46(42)43-40-31-12-15-53-47(52)41(31)30(11-7-24-6-9-27(57)18-32(24)34(40)23-56)29-10-8-25-17-39(51)54-21-26(25)16-36(29)49(38,2)64-45(33)43/h3,6,9,12,17-19,21,29-30,34,36,38-40,53-57,59,61H,4-5,7-8,10-11,13-16,20,22-23,51-52H2,1-2H3/b35-3+/t29-,30+,34-,36+,38-,39?,40+,49+/m1/s1. The average Bonchev–Trinajstić information content (AvgIpc) is 3.64. The third-order valence-electron chi connectivity index (χ3n) is 15.8. The number of phenolic OH excluding ortho intramolecular Hbond substituents is 2. The number of aryl methyl sites for hydroxylation is 1. The van der Waals surface area contributed by atoms with Crippen LogP contribution in [0.2, 0.25) is 0 Å². The zero-order valence-electron chi connectivity index (χ0n) is 36.3. The number of hydrogen-bond donors (Lipinski definition) is 9. The van der Waals surface area contributed by atoms with E-state index in [9.17, 15) is 35.1 Å². The van der Waals surface area contributed by atoms with Crippen LogP contribution >= 0.6 is 0 Å². The molecule has 10 rings (SSSR count). The predicted octanol–water partition coefficient (Wildman–Crippen LogP) is 4.80. The van der Waals surface area contributed by atoms with Crippen LogP contribution in [0.25, 0.3) is 11.0 Å². The Hall–Kier alpha value is -5.54. The third-order valence-corrected chi connectivity index (χ3v) is 15.8. The lowest BCUT2D eigenvalue weighted by Gasteiger charge is -2.52. The van der Waals surface area contributed by atoms with Gasteiger partial charge in [-0.25, -0.2) is 4.79 Å². The first kappa shape index (κ1) is 42.4. The molecular formula is C50H58N4O10. The van der Waals surface area contributed by atoms with E-state index in [-0.39, 0.29) is 63.8 Å². The Kier molecular flexibility index (Phi) is 10.5. The molecular weight excluding hydrogens is 817 g/mol. The molecule has 0 radical (unpaired) electrons. The van der Waals surface area contributed by atoms with Crippen molar-refractivity contribution in [3.63, 3.8) is 0 Å². The maximum Gasteiger partial charge on any atom is 0.337 e. The molecule has 14 nitrogen and oxygen atoms in total. The van der Waals surface area contributed by atoms with Gasteiger partial charge in [-0.1, -0.05) is 31.1 Å². The molecule has 2 saturated carbocycles. The minimum absolute atomic E-state index is 0.0139. The number of phenols is 2. The highest BCUT2D eigenvalue weighted by Gasteiger charge is 2.58. The molecule has 2 aromatic carbocycles. The molecule has 338 valence electrons. The summed E-state index contributed by atoms with van der Waals surface area (Å²) in [4.78, 5) is 29.0. The molecule has 5 heterocycles. The second-order valence-corrected chi connectivity index (χ2v) is 19.1. The van der Waals surface area contributed by atoms with Crippen LogP contribution in [0.4, 0.5) is 0 Å². The molecule has 3 aliphatic carbocycles. The lowest BCUT2D eigenvalue weighted by Crippen LogP contribution is -2.59. The van der Waals surface area contributed by atoms with Gasteiger partial charge in [0.15, 0.2) is 5.43 Å². The molecule has 4 aliphatic heterocycles. The van der Waals surface area contributed by atoms with Crippen molar-refractivity contribution in [1.29, 1.82) is 0 Å². The Morgan fingerprint density at radius 1 is 1.08 bits per heavy atom. The third kappa shape index (κ3) is 6.58. The fourth-order valence-electron chi connectivity index (χ4n) is 12.7. The van der Waals surface area contributed by atoms with Crippen molar-refractivity contribution < 1.29 is 44.2 Å². The number of benzene rings is 2. The van der Waals surface area contributed by atoms with Crippen molar-refractivity contribution >= 4 is 16.9 Å². The van der Waals surface area contributed by atoms with Gasteiger partial charge in [0.25, 0.3) is 0 Å². The van der Waals surface area contributed by atoms with Crippen molar-refractivity contribution in [2.24, 2.45) is 29.2 Å². The van der Waals surface area contributed by atoms with Crippen molar-refractivity contribution in [2.75, 3.05) is 13.2 Å². The van der Waals surface area contributed by atoms with Gasteiger partial charge in [-0.05, 0) is 122 Å². The summed E-state index contributed by atoms with van der Waals surface area (Å²) in [6.07, 6.45) is 11.6. The first-order valence-electron chi connectivity index (χ1n) is 22.8. The van der Waals surface area contributed by atoms with Gasteiger partial charge in [-0.15, -0.1) is 0 Å². The summed E-state index contributed by atoms with van der Waals surface area (Å²) < 4.78 is 20.8. The average molecular weight is 875 g/mol. The number of rotatable bonds is 5. The Morgan fingerprint density at radius 2 is 1.88 bits per heavy atom. The van der Waals surface area contributed by atoms with E-state index < -0.39 is 65.4 Å². The Bertz CT molecular complexity index is 2670. The number of hydrogen-bond acceptors (Lipinski definition) is 14. The van der Waals surface area contributed by atoms with Gasteiger partial charge >= 0.3 is 5.97 Å². The smallest absolute Gasteiger partial charge is 0.337 e. The minimum Gasteiger partial charge on any atom is -0.508 e. The molecule has 14 heteroatoms. The topological polar surface area (TPSA) is 243 Å². The Morgan fingerprint density at radius 3 is 2.62 bits per heavy atom. The molecule has 0 saturated heterocycles. The predicted molar refractivity (Wildman–Crippen MR) is 238 cm³/mol. The number of carbonyl (C=O) groups excluding carboxylic acids is 1. The van der Waals surface area contributed by atoms with Gasteiger partial charge in [0.2, 0.25) is 0 Å². The van der Waals surface area contributed by atoms with E-state index >= 15 is 0 Å². The second-order valence-electron chi connectivity index (χ2n) is 19.1. The summed E-state index contributed by atoms with van der Waals surface area (Å²) >= 11 is 0. The SMILES string of the molecule is C/C=C(\C(=O)O[C@@H]1Cc2c3c(c4oc(CO)cc(=O)c4c2O)[C@H]2C4=CCNC(N)=C4[C@@H](CCc4ccc(O)cc4[C@H]2CO)[C@H]2CCC4=CC(N)NC=C4C[C@@H]2[C@]1(C)O3)C1(O)CCCC1. The van der Waals surface area contributed by atoms with Crippen LogP contribution in [-0.4, -0.2) is 68.1 Å². The van der Waals surface area contributed by atoms with Crippen LogP contribution in [0, 0.1) is 17.8 Å². The highest BCUT2D eigenvalue weighted by Crippen LogP contribution is 2.61. The van der Waals surface area contributed by atoms with Gasteiger partial charge in [0, 0.05) is 54.1 Å². The van der Waals surface area contributed by atoms with E-state index in [2.05, 4.69) is 22.8 Å². The van der Waals surface area contributed by atoms with Crippen LogP contribution in [0.15, 0.2) is 91.6 Å². The van der Waals surface area contributed by atoms with Crippen LogP contribution < -0.4 is 32.3 Å². The maximum absolute atomic E-state index is 14.7. The number of esters is 1. The molecule has 64 heavy (non-hydrogen) atoms. The molecule has 4 bridgehead atoms. The fourth-order valence-corrected chi connectivity index (χ4v) is 12.7. The van der Waals surface area contributed by atoms with E-state index in [1.54, 1.807) is 25.1 Å². The number of aromatic hydroxyl groups is 2. The van der Waals surface area contributed by atoms with Crippen LogP contribution in [0.3, 0.4) is 0 Å². The zero-order valence-corrected chi connectivity index (χ0v) is 36.3. The molecule has 2 fully saturated rings. The Balaban J connectivity index is 1.32. The minimum atomic E-state index is -1.36. The van der Waals surface area contributed by atoms with E-state index in [0.29, 0.717) is 68.4 Å². The molecule has 3 aromatic rings. The summed E-state index contributed by atoms with van der Waals surface area (Å²) in [5.74, 6) is -2.82. The Labute approximate surface area is 371 Å². The molecule has 11 N–H and O–H groups in total. The number of nitrogens with two attached hydrogens (primary N) is 2. The summed E-state index contributed by atoms with van der Waals surface area (Å²) in [6.45, 7) is 3.03. The van der Waals surface area contributed by atoms with Gasteiger partial charge in [-0.3, -0.25) is 4.79 Å². The lowest BCUT2D eigenvalue weighted by molar-refractivity contribution is -0.171. The molecule has 8 atom stereocenters. The van der Waals surface area contributed by atoms with Gasteiger partial charge in [0.1, 0.15) is 58.1 Å². The number of fused-ring (bicyclic) bond motifs is 9. The number of ether oxygens (including phenoxy) is 2. The zero-order chi connectivity index (χ0) is 44.8. The quantitative estimate of drug-likeness (QED) is 0.124. The van der Waals surface area contributed by atoms with Crippen LogP contribution in [0.5, 0.6) is 17.2 Å². The van der Waals surface area contributed by atoms with Crippen LogP contribution in [-0.2, 0) is 29.0 Å². The largest absolute Gasteiger partial charge is 0.508 e. The monoisotopic (exact) mass is 874 g/mol. The van der Waals surface area contributed by atoms with E-state index in [4.69, 9.17) is 25.4 Å². The molecule has 1 aromatic heterocycles. The number of aliphatic hydroxyl groups is 3. The van der Waals surface area contributed by atoms with Crippen molar-refractivity contribution in [3.8, 4) is 17.2 Å². The van der Waals surface area contributed by atoms with E-state index in [1.807, 2.05) is 19.2 Å². The van der Waals surface area contributed by atoms with Gasteiger partial charge in [-0.2, -0.15) is 0 Å². The maximum atomic E-state index is 14.7. The highest BCUT2D eigenvalue weighted by molar-refractivity contribution is 5.93. The summed E-state index contributed by atoms with van der Waals surface area (Å²) in [5.41, 5.74) is 16.6. The second kappa shape index (κ2) is 15.9. The number of carbonyl (C=O) groups is 1. The number of allylic oxidation sites excluding steroid dienone is 5. The van der Waals surface area contributed by atoms with E-state index in [0.717, 1.165) is 46.8 Å². The van der Waals surface area contributed by atoms with Crippen LogP contribution in [0.1, 0.15) is 105 Å².